The molecule has 1 heterocycles. The number of hydrogen-bond donors (Lipinski definition) is 1. The first-order valence-corrected chi connectivity index (χ1v) is 5.93. The van der Waals surface area contributed by atoms with Crippen LogP contribution in [-0.2, 0) is 6.42 Å². The maximum absolute atomic E-state index is 4.03. The zero-order chi connectivity index (χ0) is 10.9. The Hall–Kier alpha value is -0.890. The zero-order valence-electron chi connectivity index (χ0n) is 9.87. The molecule has 0 aliphatic rings. The van der Waals surface area contributed by atoms with Crippen molar-refractivity contribution in [2.45, 2.75) is 45.1 Å². The summed E-state index contributed by atoms with van der Waals surface area (Å²) in [6.45, 7) is 2.25. The molecule has 1 aromatic rings. The van der Waals surface area contributed by atoms with E-state index in [1.165, 1.54) is 31.2 Å². The van der Waals surface area contributed by atoms with Gasteiger partial charge in [-0.25, -0.2) is 0 Å². The number of pyridine rings is 1. The molecular formula is C13H22N2. The molecule has 1 unspecified atom stereocenters. The number of hydrogen-bond acceptors (Lipinski definition) is 2. The minimum Gasteiger partial charge on any atom is -0.317 e. The topological polar surface area (TPSA) is 24.9 Å². The Labute approximate surface area is 93.1 Å². The van der Waals surface area contributed by atoms with E-state index < -0.39 is 0 Å². The second-order valence-electron chi connectivity index (χ2n) is 4.04. The van der Waals surface area contributed by atoms with Gasteiger partial charge in [-0.1, -0.05) is 26.2 Å². The molecule has 0 fully saturated rings. The van der Waals surface area contributed by atoms with Gasteiger partial charge in [-0.2, -0.15) is 0 Å². The molecule has 0 aliphatic carbocycles. The third-order valence-electron chi connectivity index (χ3n) is 2.80. The van der Waals surface area contributed by atoms with Crippen molar-refractivity contribution in [3.05, 3.63) is 30.1 Å². The van der Waals surface area contributed by atoms with Crippen molar-refractivity contribution < 1.29 is 0 Å². The van der Waals surface area contributed by atoms with Crippen molar-refractivity contribution in [1.29, 1.82) is 0 Å². The van der Waals surface area contributed by atoms with Crippen LogP contribution >= 0.6 is 0 Å². The fourth-order valence-electron chi connectivity index (χ4n) is 1.79. The molecule has 1 atom stereocenters. The summed E-state index contributed by atoms with van der Waals surface area (Å²) in [5, 5.41) is 3.39. The lowest BCUT2D eigenvalue weighted by molar-refractivity contribution is 0.490. The predicted molar refractivity (Wildman–Crippen MR) is 64.9 cm³/mol. The Morgan fingerprint density at radius 3 is 2.60 bits per heavy atom. The SMILES string of the molecule is CCCCCC(Cc1ccncc1)NC. The van der Waals surface area contributed by atoms with Gasteiger partial charge in [0, 0.05) is 18.4 Å². The molecule has 15 heavy (non-hydrogen) atoms. The Balaban J connectivity index is 2.33. The normalized spacial score (nSPS) is 12.7. The fraction of sp³-hybridized carbons (Fsp3) is 0.615. The predicted octanol–water partition coefficient (Wildman–Crippen LogP) is 2.79. The number of nitrogens with one attached hydrogen (secondary N) is 1. The van der Waals surface area contributed by atoms with E-state index in [1.54, 1.807) is 0 Å². The number of nitrogens with zero attached hydrogens (tertiary/aromatic N) is 1. The molecule has 0 radical (unpaired) electrons. The van der Waals surface area contributed by atoms with Crippen LogP contribution in [0.15, 0.2) is 24.5 Å². The number of rotatable bonds is 7. The van der Waals surface area contributed by atoms with Gasteiger partial charge in [0.1, 0.15) is 0 Å². The first kappa shape index (κ1) is 12.2. The van der Waals surface area contributed by atoms with Crippen LogP contribution in [0.4, 0.5) is 0 Å². The van der Waals surface area contributed by atoms with Crippen molar-refractivity contribution in [2.75, 3.05) is 7.05 Å². The second-order valence-corrected chi connectivity index (χ2v) is 4.04. The first-order chi connectivity index (χ1) is 7.36. The highest BCUT2D eigenvalue weighted by atomic mass is 14.9. The minimum absolute atomic E-state index is 0.610. The molecule has 0 spiro atoms. The molecule has 2 heteroatoms. The van der Waals surface area contributed by atoms with Crippen LogP contribution in [-0.4, -0.2) is 18.1 Å². The van der Waals surface area contributed by atoms with E-state index in [0.29, 0.717) is 6.04 Å². The average molecular weight is 206 g/mol. The molecular weight excluding hydrogens is 184 g/mol. The van der Waals surface area contributed by atoms with Gasteiger partial charge in [0.15, 0.2) is 0 Å². The zero-order valence-corrected chi connectivity index (χ0v) is 9.87. The monoisotopic (exact) mass is 206 g/mol. The average Bonchev–Trinajstić information content (AvgIpc) is 2.29. The lowest BCUT2D eigenvalue weighted by Gasteiger charge is -2.15. The smallest absolute Gasteiger partial charge is 0.0270 e. The molecule has 0 bridgehead atoms. The molecule has 84 valence electrons. The lowest BCUT2D eigenvalue weighted by Crippen LogP contribution is -2.27. The van der Waals surface area contributed by atoms with E-state index in [0.717, 1.165) is 6.42 Å². The molecule has 0 aromatic carbocycles. The molecule has 0 saturated heterocycles. The van der Waals surface area contributed by atoms with Gasteiger partial charge in [-0.05, 0) is 37.6 Å². The Bertz CT molecular complexity index is 246. The van der Waals surface area contributed by atoms with Crippen molar-refractivity contribution in [3.8, 4) is 0 Å². The number of unbranched alkanes of at least 4 members (excludes halogenated alkanes) is 2. The van der Waals surface area contributed by atoms with E-state index in [1.807, 2.05) is 12.4 Å². The van der Waals surface area contributed by atoms with Crippen LogP contribution in [0, 0.1) is 0 Å². The van der Waals surface area contributed by atoms with Crippen LogP contribution < -0.4 is 5.32 Å². The minimum atomic E-state index is 0.610. The molecule has 1 rings (SSSR count). The quantitative estimate of drug-likeness (QED) is 0.694. The maximum Gasteiger partial charge on any atom is 0.0270 e. The summed E-state index contributed by atoms with van der Waals surface area (Å²) in [4.78, 5) is 4.03. The van der Waals surface area contributed by atoms with Crippen LogP contribution in [0.1, 0.15) is 38.2 Å². The summed E-state index contributed by atoms with van der Waals surface area (Å²) in [7, 11) is 2.05. The van der Waals surface area contributed by atoms with Gasteiger partial charge in [-0.15, -0.1) is 0 Å². The summed E-state index contributed by atoms with van der Waals surface area (Å²) in [6.07, 6.45) is 10.1. The van der Waals surface area contributed by atoms with Crippen molar-refractivity contribution in [2.24, 2.45) is 0 Å². The number of aromatic nitrogens is 1. The Kier molecular flexibility index (Phi) is 6.02. The largest absolute Gasteiger partial charge is 0.317 e. The summed E-state index contributed by atoms with van der Waals surface area (Å²) in [5.41, 5.74) is 1.38. The third kappa shape index (κ3) is 4.93. The molecule has 0 saturated carbocycles. The molecule has 1 N–H and O–H groups in total. The van der Waals surface area contributed by atoms with Gasteiger partial charge >= 0.3 is 0 Å². The standard InChI is InChI=1S/C13H22N2/c1-3-4-5-6-13(14-2)11-12-7-9-15-10-8-12/h7-10,13-14H,3-6,11H2,1-2H3. The summed E-state index contributed by atoms with van der Waals surface area (Å²) < 4.78 is 0. The van der Waals surface area contributed by atoms with Gasteiger partial charge in [0.05, 0.1) is 0 Å². The lowest BCUT2D eigenvalue weighted by atomic mass is 10.0. The third-order valence-corrected chi connectivity index (χ3v) is 2.80. The van der Waals surface area contributed by atoms with Gasteiger partial charge in [0.2, 0.25) is 0 Å². The van der Waals surface area contributed by atoms with Crippen molar-refractivity contribution in [1.82, 2.24) is 10.3 Å². The molecule has 0 aliphatic heterocycles. The van der Waals surface area contributed by atoms with Crippen LogP contribution in [0.3, 0.4) is 0 Å². The van der Waals surface area contributed by atoms with E-state index in [4.69, 9.17) is 0 Å². The van der Waals surface area contributed by atoms with Crippen molar-refractivity contribution >= 4 is 0 Å². The van der Waals surface area contributed by atoms with E-state index >= 15 is 0 Å². The van der Waals surface area contributed by atoms with Crippen LogP contribution in [0.5, 0.6) is 0 Å². The van der Waals surface area contributed by atoms with E-state index in [-0.39, 0.29) is 0 Å². The highest BCUT2D eigenvalue weighted by molar-refractivity contribution is 5.11. The fourth-order valence-corrected chi connectivity index (χ4v) is 1.79. The van der Waals surface area contributed by atoms with Gasteiger partial charge in [0.25, 0.3) is 0 Å². The van der Waals surface area contributed by atoms with Gasteiger partial charge in [-0.3, -0.25) is 4.98 Å². The Morgan fingerprint density at radius 1 is 1.27 bits per heavy atom. The second kappa shape index (κ2) is 7.41. The van der Waals surface area contributed by atoms with Crippen molar-refractivity contribution in [3.63, 3.8) is 0 Å². The first-order valence-electron chi connectivity index (χ1n) is 5.93. The Morgan fingerprint density at radius 2 is 2.00 bits per heavy atom. The maximum atomic E-state index is 4.03. The summed E-state index contributed by atoms with van der Waals surface area (Å²) in [5.74, 6) is 0. The van der Waals surface area contributed by atoms with E-state index in [9.17, 15) is 0 Å². The molecule has 2 nitrogen and oxygen atoms in total. The number of likely N-dealkylation sites (N-methyl/N-ethyl adjacent to an activating group) is 1. The highest BCUT2D eigenvalue weighted by Crippen LogP contribution is 2.08. The molecule has 0 amide bonds. The summed E-state index contributed by atoms with van der Waals surface area (Å²) in [6, 6.07) is 4.81. The highest BCUT2D eigenvalue weighted by Gasteiger charge is 2.06. The van der Waals surface area contributed by atoms with Gasteiger partial charge < -0.3 is 5.32 Å². The van der Waals surface area contributed by atoms with Crippen LogP contribution in [0.2, 0.25) is 0 Å². The van der Waals surface area contributed by atoms with Crippen LogP contribution in [0.25, 0.3) is 0 Å². The molecule has 1 aromatic heterocycles. The summed E-state index contributed by atoms with van der Waals surface area (Å²) >= 11 is 0. The van der Waals surface area contributed by atoms with E-state index in [2.05, 4.69) is 36.4 Å².